The largest absolute Gasteiger partial charge is 0.480 e. The zero-order chi connectivity index (χ0) is 25.6. The minimum absolute atomic E-state index is 0.294. The number of carbonyl (C=O) groups excluding carboxylic acids is 3. The fourth-order valence-electron chi connectivity index (χ4n) is 3.10. The van der Waals surface area contributed by atoms with Crippen LogP contribution in [0, 0.1) is 5.92 Å². The lowest BCUT2D eigenvalue weighted by Gasteiger charge is -2.27. The molecule has 0 aromatic carbocycles. The van der Waals surface area contributed by atoms with Crippen molar-refractivity contribution in [2.45, 2.75) is 89.6 Å². The molecule has 0 aromatic rings. The molecule has 0 fully saturated rings. The number of aliphatic carboxylic acids is 1. The number of hydrogen-bond donors (Lipinski definition) is 8. The standard InChI is InChI=1S/C21H42N6O6/c1-12(2)16(20(31)27-17(13(3)28)21(32)33)26-19(30)15(9-5-7-11-23)25-18(29)14(24)8-4-6-10-22/h12-17,28H,4-11,22-24H2,1-3H3,(H,25,29)(H,26,30)(H,27,31)(H,32,33). The summed E-state index contributed by atoms with van der Waals surface area (Å²) in [4.78, 5) is 49.4. The number of unbranched alkanes of at least 4 members (excludes halogenated alkanes) is 2. The molecule has 0 rings (SSSR count). The molecule has 0 aromatic heterocycles. The lowest BCUT2D eigenvalue weighted by molar-refractivity contribution is -0.145. The van der Waals surface area contributed by atoms with Gasteiger partial charge in [0.15, 0.2) is 6.04 Å². The van der Waals surface area contributed by atoms with Crippen molar-refractivity contribution in [2.75, 3.05) is 13.1 Å². The van der Waals surface area contributed by atoms with Crippen molar-refractivity contribution in [1.29, 1.82) is 0 Å². The molecule has 5 unspecified atom stereocenters. The first kappa shape index (κ1) is 30.7. The van der Waals surface area contributed by atoms with E-state index in [2.05, 4.69) is 16.0 Å². The normalized spacial score (nSPS) is 15.8. The van der Waals surface area contributed by atoms with Gasteiger partial charge in [0.2, 0.25) is 17.7 Å². The SMILES string of the molecule is CC(C)C(NC(=O)C(CCCCN)NC(=O)C(N)CCCCN)C(=O)NC(C(=O)O)C(C)O. The van der Waals surface area contributed by atoms with Crippen LogP contribution in [0.1, 0.15) is 59.3 Å². The van der Waals surface area contributed by atoms with Crippen LogP contribution in [0.15, 0.2) is 0 Å². The molecule has 0 aliphatic carbocycles. The minimum atomic E-state index is -1.53. The van der Waals surface area contributed by atoms with Gasteiger partial charge in [-0.15, -0.1) is 0 Å². The van der Waals surface area contributed by atoms with Crippen molar-refractivity contribution in [3.05, 3.63) is 0 Å². The Bertz CT molecular complexity index is 630. The number of carboxylic acid groups (broad SMARTS) is 1. The molecule has 0 heterocycles. The van der Waals surface area contributed by atoms with Gasteiger partial charge in [-0.2, -0.15) is 0 Å². The second-order valence-electron chi connectivity index (χ2n) is 8.53. The van der Waals surface area contributed by atoms with Gasteiger partial charge in [0.1, 0.15) is 12.1 Å². The van der Waals surface area contributed by atoms with E-state index in [9.17, 15) is 29.4 Å². The zero-order valence-electron chi connectivity index (χ0n) is 19.9. The van der Waals surface area contributed by atoms with Gasteiger partial charge >= 0.3 is 5.97 Å². The molecule has 5 atom stereocenters. The molecule has 12 heteroatoms. The predicted molar refractivity (Wildman–Crippen MR) is 124 cm³/mol. The fourth-order valence-corrected chi connectivity index (χ4v) is 3.10. The Morgan fingerprint density at radius 1 is 0.758 bits per heavy atom. The van der Waals surface area contributed by atoms with Gasteiger partial charge < -0.3 is 43.4 Å². The molecular formula is C21H42N6O6. The van der Waals surface area contributed by atoms with E-state index in [1.165, 1.54) is 6.92 Å². The number of rotatable bonds is 17. The predicted octanol–water partition coefficient (Wildman–Crippen LogP) is -1.85. The molecule has 11 N–H and O–H groups in total. The zero-order valence-corrected chi connectivity index (χ0v) is 19.9. The van der Waals surface area contributed by atoms with Crippen LogP contribution in [0.5, 0.6) is 0 Å². The Morgan fingerprint density at radius 2 is 1.27 bits per heavy atom. The molecule has 0 aliphatic heterocycles. The molecule has 0 aliphatic rings. The van der Waals surface area contributed by atoms with Crippen LogP contribution >= 0.6 is 0 Å². The third-order valence-electron chi connectivity index (χ3n) is 5.18. The Hall–Kier alpha value is -2.28. The Morgan fingerprint density at radius 3 is 1.73 bits per heavy atom. The van der Waals surface area contributed by atoms with Gasteiger partial charge in [-0.1, -0.05) is 20.3 Å². The number of amides is 3. The maximum Gasteiger partial charge on any atom is 0.328 e. The van der Waals surface area contributed by atoms with Gasteiger partial charge in [0.05, 0.1) is 12.1 Å². The number of nitrogens with two attached hydrogens (primary N) is 3. The summed E-state index contributed by atoms with van der Waals surface area (Å²) in [5.74, 6) is -3.62. The lowest BCUT2D eigenvalue weighted by atomic mass is 10.0. The average Bonchev–Trinajstić information content (AvgIpc) is 2.73. The van der Waals surface area contributed by atoms with Crippen molar-refractivity contribution in [3.63, 3.8) is 0 Å². The topological polar surface area (TPSA) is 223 Å². The first-order valence-electron chi connectivity index (χ1n) is 11.4. The number of carboxylic acids is 1. The number of aliphatic hydroxyl groups excluding tert-OH is 1. The van der Waals surface area contributed by atoms with Crippen molar-refractivity contribution >= 4 is 23.7 Å². The lowest BCUT2D eigenvalue weighted by Crippen LogP contribution is -2.59. The van der Waals surface area contributed by atoms with E-state index in [1.807, 2.05) is 0 Å². The fraction of sp³-hybridized carbons (Fsp3) is 0.810. The Kier molecular flexibility index (Phi) is 15.2. The van der Waals surface area contributed by atoms with Crippen molar-refractivity contribution in [1.82, 2.24) is 16.0 Å². The van der Waals surface area contributed by atoms with Gasteiger partial charge in [0, 0.05) is 0 Å². The quantitative estimate of drug-likeness (QED) is 0.111. The summed E-state index contributed by atoms with van der Waals surface area (Å²) in [6, 6.07) is -4.34. The smallest absolute Gasteiger partial charge is 0.328 e. The summed E-state index contributed by atoms with van der Waals surface area (Å²) in [6.07, 6.45) is 2.01. The molecular weight excluding hydrogens is 432 g/mol. The van der Waals surface area contributed by atoms with Crippen molar-refractivity contribution < 1.29 is 29.4 Å². The molecule has 0 bridgehead atoms. The Labute approximate surface area is 195 Å². The van der Waals surface area contributed by atoms with E-state index in [-0.39, 0.29) is 0 Å². The van der Waals surface area contributed by atoms with Crippen LogP contribution in [0.4, 0.5) is 0 Å². The van der Waals surface area contributed by atoms with Crippen LogP contribution in [0.2, 0.25) is 0 Å². The van der Waals surface area contributed by atoms with E-state index in [0.717, 1.165) is 6.42 Å². The highest BCUT2D eigenvalue weighted by molar-refractivity contribution is 5.94. The highest BCUT2D eigenvalue weighted by atomic mass is 16.4. The minimum Gasteiger partial charge on any atom is -0.480 e. The summed E-state index contributed by atoms with van der Waals surface area (Å²) in [5, 5.41) is 26.3. The molecule has 0 saturated heterocycles. The molecule has 33 heavy (non-hydrogen) atoms. The Balaban J connectivity index is 5.34. The van der Waals surface area contributed by atoms with E-state index >= 15 is 0 Å². The summed E-state index contributed by atoms with van der Waals surface area (Å²) in [7, 11) is 0. The van der Waals surface area contributed by atoms with Crippen LogP contribution in [0.25, 0.3) is 0 Å². The van der Waals surface area contributed by atoms with Gasteiger partial charge in [-0.05, 0) is 58.0 Å². The van der Waals surface area contributed by atoms with Crippen LogP contribution in [0.3, 0.4) is 0 Å². The summed E-state index contributed by atoms with van der Waals surface area (Å²) in [5.41, 5.74) is 16.9. The van der Waals surface area contributed by atoms with Crippen LogP contribution in [-0.2, 0) is 19.2 Å². The number of aliphatic hydroxyl groups is 1. The molecule has 0 spiro atoms. The van der Waals surface area contributed by atoms with Crippen molar-refractivity contribution in [3.8, 4) is 0 Å². The highest BCUT2D eigenvalue weighted by Gasteiger charge is 2.33. The third-order valence-corrected chi connectivity index (χ3v) is 5.18. The second kappa shape index (κ2) is 16.4. The molecule has 12 nitrogen and oxygen atoms in total. The van der Waals surface area contributed by atoms with E-state index < -0.39 is 59.9 Å². The van der Waals surface area contributed by atoms with Gasteiger partial charge in [-0.3, -0.25) is 14.4 Å². The number of hydrogen-bond acceptors (Lipinski definition) is 8. The van der Waals surface area contributed by atoms with Gasteiger partial charge in [-0.25, -0.2) is 4.79 Å². The van der Waals surface area contributed by atoms with Crippen LogP contribution in [-0.4, -0.2) is 77.3 Å². The first-order valence-corrected chi connectivity index (χ1v) is 11.4. The molecule has 192 valence electrons. The molecule has 3 amide bonds. The first-order chi connectivity index (χ1) is 15.5. The van der Waals surface area contributed by atoms with Crippen LogP contribution < -0.4 is 33.2 Å². The summed E-state index contributed by atoms with van der Waals surface area (Å²) >= 11 is 0. The average molecular weight is 475 g/mol. The van der Waals surface area contributed by atoms with E-state index in [0.29, 0.717) is 45.2 Å². The maximum atomic E-state index is 13.0. The third kappa shape index (κ3) is 11.9. The number of nitrogens with one attached hydrogen (secondary N) is 3. The van der Waals surface area contributed by atoms with E-state index in [4.69, 9.17) is 17.2 Å². The summed E-state index contributed by atoms with van der Waals surface area (Å²) < 4.78 is 0. The highest BCUT2D eigenvalue weighted by Crippen LogP contribution is 2.08. The van der Waals surface area contributed by atoms with Crippen molar-refractivity contribution in [2.24, 2.45) is 23.1 Å². The molecule has 0 radical (unpaired) electrons. The second-order valence-corrected chi connectivity index (χ2v) is 8.53. The van der Waals surface area contributed by atoms with E-state index in [1.54, 1.807) is 13.8 Å². The summed E-state index contributed by atoms with van der Waals surface area (Å²) in [6.45, 7) is 5.51. The maximum absolute atomic E-state index is 13.0. The van der Waals surface area contributed by atoms with Gasteiger partial charge in [0.25, 0.3) is 0 Å². The number of carbonyl (C=O) groups is 4. The molecule has 0 saturated carbocycles. The monoisotopic (exact) mass is 474 g/mol.